The molecule has 1 rings (SSSR count). The van der Waals surface area contributed by atoms with Gasteiger partial charge in [0, 0.05) is 18.6 Å². The van der Waals surface area contributed by atoms with E-state index >= 15 is 0 Å². The first-order chi connectivity index (χ1) is 9.07. The van der Waals surface area contributed by atoms with E-state index in [1.165, 1.54) is 21.3 Å². The molecule has 0 bridgehead atoms. The lowest BCUT2D eigenvalue weighted by Crippen LogP contribution is -2.09. The average molecular weight is 266 g/mol. The predicted molar refractivity (Wildman–Crippen MR) is 70.9 cm³/mol. The molecular weight excluding hydrogens is 248 g/mol. The summed E-state index contributed by atoms with van der Waals surface area (Å²) in [7, 11) is 4.43. The van der Waals surface area contributed by atoms with Crippen molar-refractivity contribution >= 4 is 5.97 Å². The summed E-state index contributed by atoms with van der Waals surface area (Å²) in [5.41, 5.74) is 0.209. The van der Waals surface area contributed by atoms with E-state index in [4.69, 9.17) is 18.9 Å². The monoisotopic (exact) mass is 266 g/mol. The molecule has 19 heavy (non-hydrogen) atoms. The second-order valence-electron chi connectivity index (χ2n) is 3.69. The predicted octanol–water partition coefficient (Wildman–Crippen LogP) is 2.79. The molecule has 0 aliphatic heterocycles. The summed E-state index contributed by atoms with van der Waals surface area (Å²) in [4.78, 5) is 12.1. The summed E-state index contributed by atoms with van der Waals surface area (Å²) in [6.07, 6.45) is 0.548. The molecular formula is C14H18O5. The third-order valence-corrected chi connectivity index (χ3v) is 2.55. The van der Waals surface area contributed by atoms with Crippen LogP contribution in [-0.2, 0) is 4.74 Å². The summed E-state index contributed by atoms with van der Waals surface area (Å²) in [5.74, 6) is 0.989. The van der Waals surface area contributed by atoms with Gasteiger partial charge in [0.2, 0.25) is 0 Å². The molecule has 104 valence electrons. The second-order valence-corrected chi connectivity index (χ2v) is 3.69. The van der Waals surface area contributed by atoms with Crippen LogP contribution >= 0.6 is 0 Å². The third kappa shape index (κ3) is 3.40. The molecule has 0 fully saturated rings. The summed E-state index contributed by atoms with van der Waals surface area (Å²) in [6, 6.07) is 3.18. The van der Waals surface area contributed by atoms with E-state index in [9.17, 15) is 4.79 Å². The molecule has 0 aromatic heterocycles. The van der Waals surface area contributed by atoms with Gasteiger partial charge < -0.3 is 18.9 Å². The number of esters is 1. The Hall–Kier alpha value is -2.17. The van der Waals surface area contributed by atoms with Crippen molar-refractivity contribution in [3.05, 3.63) is 30.0 Å². The topological polar surface area (TPSA) is 54.0 Å². The normalized spacial score (nSPS) is 9.68. The molecule has 0 atom stereocenters. The van der Waals surface area contributed by atoms with E-state index in [2.05, 4.69) is 6.58 Å². The number of ether oxygens (including phenoxy) is 4. The Morgan fingerprint density at radius 3 is 2.00 bits per heavy atom. The number of methoxy groups -OCH3 is 3. The van der Waals surface area contributed by atoms with Gasteiger partial charge in [0.05, 0.1) is 21.3 Å². The second kappa shape index (κ2) is 6.68. The summed E-state index contributed by atoms with van der Waals surface area (Å²) in [6.45, 7) is 5.48. The van der Waals surface area contributed by atoms with Crippen LogP contribution in [0, 0.1) is 0 Å². The van der Waals surface area contributed by atoms with Gasteiger partial charge in [-0.2, -0.15) is 0 Å². The Kier molecular flexibility index (Phi) is 5.23. The molecule has 0 aliphatic rings. The molecule has 0 heterocycles. The van der Waals surface area contributed by atoms with E-state index in [0.717, 1.165) is 0 Å². The fourth-order valence-corrected chi connectivity index (χ4v) is 1.46. The molecule has 0 saturated carbocycles. The minimum absolute atomic E-state index is 0.209. The highest BCUT2D eigenvalue weighted by molar-refractivity contribution is 5.96. The molecule has 0 radical (unpaired) electrons. The fraction of sp³-hybridized carbons (Fsp3) is 0.357. The number of rotatable bonds is 6. The van der Waals surface area contributed by atoms with Crippen molar-refractivity contribution < 1.29 is 23.7 Å². The van der Waals surface area contributed by atoms with Gasteiger partial charge in [-0.25, -0.2) is 4.79 Å². The van der Waals surface area contributed by atoms with E-state index in [0.29, 0.717) is 29.4 Å². The smallest absolute Gasteiger partial charge is 0.350 e. The Morgan fingerprint density at radius 1 is 1.11 bits per heavy atom. The van der Waals surface area contributed by atoms with Gasteiger partial charge in [-0.05, 0) is 0 Å². The van der Waals surface area contributed by atoms with E-state index in [-0.39, 0.29) is 5.56 Å². The molecule has 0 aliphatic carbocycles. The van der Waals surface area contributed by atoms with Crippen molar-refractivity contribution in [1.82, 2.24) is 0 Å². The summed E-state index contributed by atoms with van der Waals surface area (Å²) >= 11 is 0. The SMILES string of the molecule is C=C(CC)OC(=O)c1c(OC)cc(OC)cc1OC. The fourth-order valence-electron chi connectivity index (χ4n) is 1.46. The van der Waals surface area contributed by atoms with Gasteiger partial charge in [0.25, 0.3) is 0 Å². The maximum absolute atomic E-state index is 12.1. The minimum atomic E-state index is -0.566. The molecule has 0 spiro atoms. The van der Waals surface area contributed by atoms with Gasteiger partial charge in [-0.1, -0.05) is 13.5 Å². The maximum atomic E-state index is 12.1. The zero-order valence-corrected chi connectivity index (χ0v) is 11.6. The van der Waals surface area contributed by atoms with Crippen LogP contribution in [0.15, 0.2) is 24.5 Å². The van der Waals surface area contributed by atoms with Crippen molar-refractivity contribution in [1.29, 1.82) is 0 Å². The third-order valence-electron chi connectivity index (χ3n) is 2.55. The lowest BCUT2D eigenvalue weighted by molar-refractivity contribution is 0.0610. The van der Waals surface area contributed by atoms with Crippen LogP contribution in [0.25, 0.3) is 0 Å². The lowest BCUT2D eigenvalue weighted by Gasteiger charge is -2.14. The zero-order chi connectivity index (χ0) is 14.4. The molecule has 0 saturated heterocycles. The van der Waals surface area contributed by atoms with Gasteiger partial charge in [-0.15, -0.1) is 0 Å². The molecule has 0 amide bonds. The van der Waals surface area contributed by atoms with Gasteiger partial charge in [-0.3, -0.25) is 0 Å². The highest BCUT2D eigenvalue weighted by Gasteiger charge is 2.22. The maximum Gasteiger partial charge on any atom is 0.350 e. The van der Waals surface area contributed by atoms with Crippen LogP contribution in [0.4, 0.5) is 0 Å². The first kappa shape index (κ1) is 14.9. The number of hydrogen-bond donors (Lipinski definition) is 0. The van der Waals surface area contributed by atoms with E-state index in [1.54, 1.807) is 12.1 Å². The number of carbonyl (C=O) groups is 1. The molecule has 5 nitrogen and oxygen atoms in total. The van der Waals surface area contributed by atoms with Crippen LogP contribution in [0.2, 0.25) is 0 Å². The molecule has 1 aromatic rings. The van der Waals surface area contributed by atoms with Crippen LogP contribution < -0.4 is 14.2 Å². The number of hydrogen-bond acceptors (Lipinski definition) is 5. The average Bonchev–Trinajstić information content (AvgIpc) is 2.44. The zero-order valence-electron chi connectivity index (χ0n) is 11.6. The van der Waals surface area contributed by atoms with Crippen LogP contribution in [0.5, 0.6) is 17.2 Å². The standard InChI is InChI=1S/C14H18O5/c1-6-9(2)19-14(15)13-11(17-4)7-10(16-3)8-12(13)18-5/h7-8H,2,6H2,1,3-5H3. The van der Waals surface area contributed by atoms with Crippen LogP contribution in [-0.4, -0.2) is 27.3 Å². The molecule has 0 unspecified atom stereocenters. The minimum Gasteiger partial charge on any atom is -0.496 e. The first-order valence-corrected chi connectivity index (χ1v) is 5.77. The van der Waals surface area contributed by atoms with E-state index < -0.39 is 5.97 Å². The Labute approximate surface area is 112 Å². The van der Waals surface area contributed by atoms with E-state index in [1.807, 2.05) is 6.92 Å². The molecule has 1 aromatic carbocycles. The van der Waals surface area contributed by atoms with Crippen molar-refractivity contribution in [2.24, 2.45) is 0 Å². The number of allylic oxidation sites excluding steroid dienone is 1. The van der Waals surface area contributed by atoms with Crippen LogP contribution in [0.1, 0.15) is 23.7 Å². The summed E-state index contributed by atoms with van der Waals surface area (Å²) < 4.78 is 20.6. The summed E-state index contributed by atoms with van der Waals surface area (Å²) in [5, 5.41) is 0. The van der Waals surface area contributed by atoms with Gasteiger partial charge in [0.15, 0.2) is 0 Å². The van der Waals surface area contributed by atoms with Crippen molar-refractivity contribution in [3.63, 3.8) is 0 Å². The molecule has 5 heteroatoms. The van der Waals surface area contributed by atoms with Crippen molar-refractivity contribution in [2.75, 3.05) is 21.3 Å². The highest BCUT2D eigenvalue weighted by Crippen LogP contribution is 2.34. The Balaban J connectivity index is 3.23. The highest BCUT2D eigenvalue weighted by atomic mass is 16.5. The van der Waals surface area contributed by atoms with Crippen molar-refractivity contribution in [2.45, 2.75) is 13.3 Å². The van der Waals surface area contributed by atoms with Crippen molar-refractivity contribution in [3.8, 4) is 17.2 Å². The first-order valence-electron chi connectivity index (χ1n) is 5.77. The number of carbonyl (C=O) groups excluding carboxylic acids is 1. The number of benzene rings is 1. The molecule has 0 N–H and O–H groups in total. The lowest BCUT2D eigenvalue weighted by atomic mass is 10.1. The van der Waals surface area contributed by atoms with Gasteiger partial charge in [0.1, 0.15) is 28.6 Å². The quantitative estimate of drug-likeness (QED) is 0.585. The van der Waals surface area contributed by atoms with Gasteiger partial charge >= 0.3 is 5.97 Å². The Bertz CT molecular complexity index is 454. The largest absolute Gasteiger partial charge is 0.496 e. The Morgan fingerprint density at radius 2 is 1.63 bits per heavy atom. The van der Waals surface area contributed by atoms with Crippen LogP contribution in [0.3, 0.4) is 0 Å².